The fraction of sp³-hybridized carbons (Fsp3) is 0.167. The van der Waals surface area contributed by atoms with Crippen LogP contribution in [0.2, 0.25) is 0 Å². The van der Waals surface area contributed by atoms with Crippen LogP contribution in [0.1, 0.15) is 21.8 Å². The second-order valence-corrected chi connectivity index (χ2v) is 6.14. The summed E-state index contributed by atoms with van der Waals surface area (Å²) in [5.41, 5.74) is 1.34. The molecule has 128 valence electrons. The van der Waals surface area contributed by atoms with Gasteiger partial charge in [-0.05, 0) is 29.8 Å². The van der Waals surface area contributed by atoms with E-state index >= 15 is 0 Å². The van der Waals surface area contributed by atoms with Gasteiger partial charge in [0, 0.05) is 5.56 Å². The first kappa shape index (κ1) is 17.2. The Labute approximate surface area is 148 Å². The zero-order valence-electron chi connectivity index (χ0n) is 13.4. The van der Waals surface area contributed by atoms with Gasteiger partial charge in [-0.25, -0.2) is 4.39 Å². The van der Waals surface area contributed by atoms with Crippen LogP contribution in [0, 0.1) is 5.82 Å². The van der Waals surface area contributed by atoms with Gasteiger partial charge in [0.05, 0.1) is 19.3 Å². The number of carbonyl (C=O) groups excluding carboxylic acids is 1. The van der Waals surface area contributed by atoms with Crippen LogP contribution in [0.3, 0.4) is 0 Å². The third-order valence-corrected chi connectivity index (χ3v) is 4.25. The minimum atomic E-state index is -0.435. The summed E-state index contributed by atoms with van der Waals surface area (Å²) in [6.07, 6.45) is 0.495. The molecular formula is C18H15FN2O3S. The van der Waals surface area contributed by atoms with Crippen molar-refractivity contribution in [3.8, 4) is 5.75 Å². The number of aromatic nitrogens is 2. The average molecular weight is 358 g/mol. The predicted molar refractivity (Wildman–Crippen MR) is 91.6 cm³/mol. The van der Waals surface area contributed by atoms with Crippen molar-refractivity contribution in [3.63, 3.8) is 0 Å². The summed E-state index contributed by atoms with van der Waals surface area (Å²) in [7, 11) is 1.61. The van der Waals surface area contributed by atoms with Crippen LogP contribution in [-0.2, 0) is 6.42 Å². The molecule has 0 saturated heterocycles. The van der Waals surface area contributed by atoms with E-state index in [9.17, 15) is 9.18 Å². The van der Waals surface area contributed by atoms with Gasteiger partial charge in [0.1, 0.15) is 11.6 Å². The molecule has 1 heterocycles. The minimum Gasteiger partial charge on any atom is -0.497 e. The number of methoxy groups -OCH3 is 1. The summed E-state index contributed by atoms with van der Waals surface area (Å²) >= 11 is 1.13. The fourth-order valence-corrected chi connectivity index (χ4v) is 2.83. The van der Waals surface area contributed by atoms with Gasteiger partial charge >= 0.3 is 0 Å². The van der Waals surface area contributed by atoms with Gasteiger partial charge in [-0.2, -0.15) is 0 Å². The van der Waals surface area contributed by atoms with Crippen LogP contribution >= 0.6 is 11.8 Å². The highest BCUT2D eigenvalue weighted by atomic mass is 32.2. The summed E-state index contributed by atoms with van der Waals surface area (Å²) in [5.74, 6) is 0.718. The van der Waals surface area contributed by atoms with E-state index < -0.39 is 5.82 Å². The van der Waals surface area contributed by atoms with Crippen LogP contribution in [0.5, 0.6) is 5.75 Å². The van der Waals surface area contributed by atoms with Gasteiger partial charge in [0.2, 0.25) is 5.89 Å². The molecule has 0 saturated carbocycles. The summed E-state index contributed by atoms with van der Waals surface area (Å²) in [5, 5.41) is 8.22. The van der Waals surface area contributed by atoms with Gasteiger partial charge in [-0.3, -0.25) is 4.79 Å². The second-order valence-electron chi connectivity index (χ2n) is 5.21. The van der Waals surface area contributed by atoms with E-state index in [1.807, 2.05) is 24.3 Å². The van der Waals surface area contributed by atoms with Crippen LogP contribution in [0.15, 0.2) is 58.2 Å². The van der Waals surface area contributed by atoms with E-state index in [0.29, 0.717) is 23.1 Å². The van der Waals surface area contributed by atoms with E-state index in [0.717, 1.165) is 23.1 Å². The van der Waals surface area contributed by atoms with Crippen molar-refractivity contribution >= 4 is 17.5 Å². The van der Waals surface area contributed by atoms with Gasteiger partial charge in [-0.15, -0.1) is 10.2 Å². The highest BCUT2D eigenvalue weighted by molar-refractivity contribution is 7.99. The molecule has 3 aromatic rings. The third-order valence-electron chi connectivity index (χ3n) is 3.44. The molecule has 0 aliphatic carbocycles. The van der Waals surface area contributed by atoms with Crippen LogP contribution in [0.25, 0.3) is 0 Å². The van der Waals surface area contributed by atoms with E-state index in [4.69, 9.17) is 9.15 Å². The largest absolute Gasteiger partial charge is 0.497 e. The highest BCUT2D eigenvalue weighted by Crippen LogP contribution is 2.20. The van der Waals surface area contributed by atoms with E-state index in [2.05, 4.69) is 10.2 Å². The number of rotatable bonds is 7. The molecule has 7 heteroatoms. The number of ketones is 1. The van der Waals surface area contributed by atoms with Crippen molar-refractivity contribution in [2.75, 3.05) is 12.9 Å². The van der Waals surface area contributed by atoms with Crippen molar-refractivity contribution in [2.45, 2.75) is 11.6 Å². The van der Waals surface area contributed by atoms with Gasteiger partial charge in [0.15, 0.2) is 5.78 Å². The highest BCUT2D eigenvalue weighted by Gasteiger charge is 2.12. The van der Waals surface area contributed by atoms with Crippen LogP contribution in [-0.4, -0.2) is 28.8 Å². The Balaban J connectivity index is 1.57. The Morgan fingerprint density at radius 2 is 2.00 bits per heavy atom. The number of thioether (sulfide) groups is 1. The van der Waals surface area contributed by atoms with E-state index in [1.54, 1.807) is 13.2 Å². The van der Waals surface area contributed by atoms with E-state index in [-0.39, 0.29) is 11.5 Å². The first-order valence-electron chi connectivity index (χ1n) is 7.51. The lowest BCUT2D eigenvalue weighted by Crippen LogP contribution is -2.02. The maximum Gasteiger partial charge on any atom is 0.277 e. The molecule has 0 atom stereocenters. The zero-order chi connectivity index (χ0) is 17.6. The molecule has 0 bridgehead atoms. The number of nitrogens with zero attached hydrogens (tertiary/aromatic N) is 2. The molecule has 0 fully saturated rings. The first-order valence-corrected chi connectivity index (χ1v) is 8.49. The maximum atomic E-state index is 13.1. The van der Waals surface area contributed by atoms with Gasteiger partial charge in [0.25, 0.3) is 5.22 Å². The predicted octanol–water partition coefficient (Wildman–Crippen LogP) is 3.78. The lowest BCUT2D eigenvalue weighted by Gasteiger charge is -2.00. The molecule has 3 rings (SSSR count). The Morgan fingerprint density at radius 1 is 1.20 bits per heavy atom. The monoisotopic (exact) mass is 358 g/mol. The Morgan fingerprint density at radius 3 is 2.72 bits per heavy atom. The smallest absolute Gasteiger partial charge is 0.277 e. The van der Waals surface area contributed by atoms with Crippen molar-refractivity contribution in [2.24, 2.45) is 0 Å². The number of halogens is 1. The standard InChI is InChI=1S/C18H15FN2O3S/c1-23-15-7-5-12(6-8-15)9-17-20-21-18(24-17)25-11-16(22)13-3-2-4-14(19)10-13/h2-8,10H,9,11H2,1H3. The zero-order valence-corrected chi connectivity index (χ0v) is 14.3. The number of benzene rings is 2. The van der Waals surface area contributed by atoms with E-state index in [1.165, 1.54) is 18.2 Å². The number of hydrogen-bond donors (Lipinski definition) is 0. The maximum absolute atomic E-state index is 13.1. The van der Waals surface area contributed by atoms with Gasteiger partial charge in [-0.1, -0.05) is 36.0 Å². The van der Waals surface area contributed by atoms with Crippen molar-refractivity contribution in [1.29, 1.82) is 0 Å². The summed E-state index contributed by atoms with van der Waals surface area (Å²) in [6.45, 7) is 0. The lowest BCUT2D eigenvalue weighted by molar-refractivity contribution is 0.102. The Bertz CT molecular complexity index is 865. The first-order chi connectivity index (χ1) is 12.1. The summed E-state index contributed by atoms with van der Waals surface area (Å²) in [4.78, 5) is 12.0. The fourth-order valence-electron chi connectivity index (χ4n) is 2.16. The van der Waals surface area contributed by atoms with Crippen molar-refractivity contribution < 1.29 is 18.3 Å². The molecule has 1 aromatic heterocycles. The van der Waals surface area contributed by atoms with Crippen LogP contribution in [0.4, 0.5) is 4.39 Å². The lowest BCUT2D eigenvalue weighted by atomic mass is 10.1. The number of ether oxygens (including phenoxy) is 1. The molecule has 0 aliphatic rings. The molecule has 0 amide bonds. The molecule has 25 heavy (non-hydrogen) atoms. The SMILES string of the molecule is COc1ccc(Cc2nnc(SCC(=O)c3cccc(F)c3)o2)cc1. The Hall–Kier alpha value is -2.67. The van der Waals surface area contributed by atoms with Crippen molar-refractivity contribution in [1.82, 2.24) is 10.2 Å². The molecule has 0 unspecified atom stereocenters. The minimum absolute atomic E-state index is 0.105. The topological polar surface area (TPSA) is 65.2 Å². The molecule has 0 spiro atoms. The molecule has 0 N–H and O–H groups in total. The van der Waals surface area contributed by atoms with Crippen LogP contribution < -0.4 is 4.74 Å². The molecule has 0 radical (unpaired) electrons. The number of Topliss-reactive ketones (excluding diaryl/α,β-unsaturated/α-hetero) is 1. The molecule has 5 nitrogen and oxygen atoms in total. The number of carbonyl (C=O) groups is 1. The molecule has 2 aromatic carbocycles. The van der Waals surface area contributed by atoms with Crippen molar-refractivity contribution in [3.05, 3.63) is 71.4 Å². The van der Waals surface area contributed by atoms with Gasteiger partial charge < -0.3 is 9.15 Å². The second kappa shape index (κ2) is 7.94. The summed E-state index contributed by atoms with van der Waals surface area (Å²) in [6, 6.07) is 13.2. The molecule has 0 aliphatic heterocycles. The summed E-state index contributed by atoms with van der Waals surface area (Å²) < 4.78 is 23.8. The molecular weight excluding hydrogens is 343 g/mol. The Kier molecular flexibility index (Phi) is 5.45. The average Bonchev–Trinajstić information content (AvgIpc) is 3.08. The quantitative estimate of drug-likeness (QED) is 0.473. The number of hydrogen-bond acceptors (Lipinski definition) is 6. The normalized spacial score (nSPS) is 10.6. The third kappa shape index (κ3) is 4.67.